The number of aromatic nitrogens is 6. The number of amides is 1. The van der Waals surface area contributed by atoms with Crippen LogP contribution in [0.3, 0.4) is 0 Å². The normalized spacial score (nSPS) is 14.0. The summed E-state index contributed by atoms with van der Waals surface area (Å²) in [4.78, 5) is 41.3. The van der Waals surface area contributed by atoms with Crippen LogP contribution in [-0.4, -0.2) is 34.4 Å². The maximum absolute atomic E-state index is 13.2. The summed E-state index contributed by atoms with van der Waals surface area (Å²) in [6.45, 7) is -0.231. The maximum Gasteiger partial charge on any atom is 0.435 e. The average molecular weight is 487 g/mol. The van der Waals surface area contributed by atoms with Crippen molar-refractivity contribution in [2.24, 2.45) is 14.1 Å². The fourth-order valence-electron chi connectivity index (χ4n) is 3.97. The molecule has 0 atom stereocenters. The first-order valence-electron chi connectivity index (χ1n) is 10.7. The Morgan fingerprint density at radius 2 is 1.80 bits per heavy atom. The van der Waals surface area contributed by atoms with Crippen LogP contribution in [0.2, 0.25) is 0 Å². The highest BCUT2D eigenvalue weighted by Crippen LogP contribution is 2.43. The summed E-state index contributed by atoms with van der Waals surface area (Å²) >= 11 is 0. The van der Waals surface area contributed by atoms with Gasteiger partial charge in [0.15, 0.2) is 16.9 Å². The second kappa shape index (κ2) is 7.96. The summed E-state index contributed by atoms with van der Waals surface area (Å²) in [5, 5.41) is 6.44. The third-order valence-corrected chi connectivity index (χ3v) is 5.95. The van der Waals surface area contributed by atoms with Gasteiger partial charge in [0.2, 0.25) is 5.91 Å². The summed E-state index contributed by atoms with van der Waals surface area (Å²) in [6, 6.07) is 7.36. The molecule has 1 aliphatic rings. The predicted octanol–water partition coefficient (Wildman–Crippen LogP) is 2.15. The second-order valence-electron chi connectivity index (χ2n) is 8.48. The molecule has 1 saturated carbocycles. The van der Waals surface area contributed by atoms with Crippen molar-refractivity contribution in [2.75, 3.05) is 5.32 Å². The molecule has 0 bridgehead atoms. The Labute approximate surface area is 195 Å². The zero-order chi connectivity index (χ0) is 25.1. The third kappa shape index (κ3) is 4.02. The molecule has 35 heavy (non-hydrogen) atoms. The van der Waals surface area contributed by atoms with Gasteiger partial charge >= 0.3 is 11.9 Å². The van der Waals surface area contributed by atoms with Gasteiger partial charge in [-0.2, -0.15) is 18.3 Å². The Morgan fingerprint density at radius 1 is 1.11 bits per heavy atom. The van der Waals surface area contributed by atoms with E-state index in [2.05, 4.69) is 15.4 Å². The number of hydrogen-bond acceptors (Lipinski definition) is 5. The number of carbonyl (C=O) groups is 1. The molecule has 0 saturated heterocycles. The Hall–Kier alpha value is -4.16. The highest BCUT2D eigenvalue weighted by molar-refractivity contribution is 5.91. The summed E-state index contributed by atoms with van der Waals surface area (Å²) < 4.78 is 44.3. The number of alkyl halides is 3. The molecule has 13 heteroatoms. The number of fused-ring (bicyclic) bond motifs is 1. The van der Waals surface area contributed by atoms with Crippen LogP contribution >= 0.6 is 0 Å². The molecule has 1 aliphatic carbocycles. The molecule has 1 amide bonds. The van der Waals surface area contributed by atoms with Crippen LogP contribution < -0.4 is 16.6 Å². The predicted molar refractivity (Wildman–Crippen MR) is 119 cm³/mol. The molecule has 182 valence electrons. The fourth-order valence-corrected chi connectivity index (χ4v) is 3.97. The van der Waals surface area contributed by atoms with Crippen molar-refractivity contribution in [1.29, 1.82) is 0 Å². The minimum atomic E-state index is -4.53. The first-order chi connectivity index (χ1) is 16.5. The van der Waals surface area contributed by atoms with Crippen LogP contribution in [0.1, 0.15) is 30.1 Å². The first kappa shape index (κ1) is 22.6. The summed E-state index contributed by atoms with van der Waals surface area (Å²) in [6.07, 6.45) is -1.59. The molecule has 3 heterocycles. The van der Waals surface area contributed by atoms with E-state index in [0.717, 1.165) is 23.5 Å². The van der Waals surface area contributed by atoms with Gasteiger partial charge in [0.1, 0.15) is 6.54 Å². The Bertz CT molecular complexity index is 1570. The molecule has 0 spiro atoms. The summed E-state index contributed by atoms with van der Waals surface area (Å²) in [5.74, 6) is -0.403. The molecule has 1 aromatic carbocycles. The van der Waals surface area contributed by atoms with Gasteiger partial charge in [0, 0.05) is 31.4 Å². The van der Waals surface area contributed by atoms with Gasteiger partial charge in [-0.05, 0) is 43.2 Å². The van der Waals surface area contributed by atoms with Gasteiger partial charge in [-0.1, -0.05) is 0 Å². The first-order valence-corrected chi connectivity index (χ1v) is 10.7. The number of halogens is 3. The monoisotopic (exact) mass is 487 g/mol. The second-order valence-corrected chi connectivity index (χ2v) is 8.48. The number of rotatable bonds is 5. The lowest BCUT2D eigenvalue weighted by atomic mass is 10.2. The molecular formula is C22H20F3N7O3. The van der Waals surface area contributed by atoms with Crippen molar-refractivity contribution in [3.05, 3.63) is 68.9 Å². The van der Waals surface area contributed by atoms with Crippen molar-refractivity contribution >= 4 is 22.8 Å². The Morgan fingerprint density at radius 3 is 2.43 bits per heavy atom. The van der Waals surface area contributed by atoms with Crippen LogP contribution in [0.4, 0.5) is 18.9 Å². The van der Waals surface area contributed by atoms with Crippen LogP contribution in [-0.2, 0) is 31.6 Å². The number of nitrogens with one attached hydrogen (secondary N) is 1. The quantitative estimate of drug-likeness (QED) is 0.464. The molecule has 4 aromatic rings. The SMILES string of the molecule is Cn1c(=O)c2c(ncn2CC(=O)Nc2ccc(-n3nc(C(F)(F)F)cc3C3CC3)cc2)n(C)c1=O. The molecule has 5 rings (SSSR count). The van der Waals surface area contributed by atoms with E-state index in [4.69, 9.17) is 0 Å². The number of benzene rings is 1. The largest absolute Gasteiger partial charge is 0.435 e. The van der Waals surface area contributed by atoms with E-state index >= 15 is 0 Å². The van der Waals surface area contributed by atoms with Gasteiger partial charge in [-0.15, -0.1) is 0 Å². The van der Waals surface area contributed by atoms with Gasteiger partial charge in [0.05, 0.1) is 12.0 Å². The molecule has 1 fully saturated rings. The molecule has 10 nitrogen and oxygen atoms in total. The van der Waals surface area contributed by atoms with Crippen molar-refractivity contribution in [2.45, 2.75) is 31.5 Å². The minimum Gasteiger partial charge on any atom is -0.325 e. The van der Waals surface area contributed by atoms with Crippen molar-refractivity contribution in [3.63, 3.8) is 0 Å². The van der Waals surface area contributed by atoms with Gasteiger partial charge in [-0.3, -0.25) is 18.7 Å². The van der Waals surface area contributed by atoms with E-state index in [1.54, 1.807) is 24.3 Å². The Kier molecular flexibility index (Phi) is 5.15. The zero-order valence-electron chi connectivity index (χ0n) is 18.7. The molecule has 3 aromatic heterocycles. The van der Waals surface area contributed by atoms with Gasteiger partial charge in [-0.25, -0.2) is 14.5 Å². The number of aryl methyl sites for hydroxylation is 1. The number of nitrogens with zero attached hydrogens (tertiary/aromatic N) is 6. The molecule has 1 N–H and O–H groups in total. The van der Waals surface area contributed by atoms with E-state index in [1.807, 2.05) is 0 Å². The van der Waals surface area contributed by atoms with E-state index < -0.39 is 29.0 Å². The van der Waals surface area contributed by atoms with Crippen molar-refractivity contribution in [1.82, 2.24) is 28.5 Å². The van der Waals surface area contributed by atoms with Crippen LogP contribution in [0.25, 0.3) is 16.9 Å². The molecule has 0 unspecified atom stereocenters. The van der Waals surface area contributed by atoms with E-state index in [0.29, 0.717) is 17.1 Å². The molecule has 0 radical (unpaired) electrons. The fraction of sp³-hybridized carbons (Fsp3) is 0.318. The van der Waals surface area contributed by atoms with Gasteiger partial charge < -0.3 is 9.88 Å². The number of imidazole rings is 1. The third-order valence-electron chi connectivity index (χ3n) is 5.95. The molecule has 0 aliphatic heterocycles. The highest BCUT2D eigenvalue weighted by atomic mass is 19.4. The number of anilines is 1. The van der Waals surface area contributed by atoms with Crippen LogP contribution in [0, 0.1) is 0 Å². The number of carbonyl (C=O) groups excluding carboxylic acids is 1. The van der Waals surface area contributed by atoms with E-state index in [-0.39, 0.29) is 23.6 Å². The summed E-state index contributed by atoms with van der Waals surface area (Å²) in [5.41, 5.74) is -0.371. The topological polar surface area (TPSA) is 109 Å². The lowest BCUT2D eigenvalue weighted by Gasteiger charge is -2.10. The standard InChI is InChI=1S/C22H20F3N7O3/c1-29-19-18(20(34)30(2)21(29)35)31(11-26-19)10-17(33)27-13-5-7-14(8-6-13)32-15(12-3-4-12)9-16(28-32)22(23,24)25/h5-9,11-12H,3-4,10H2,1-2H3,(H,27,33). The van der Waals surface area contributed by atoms with Crippen molar-refractivity contribution < 1.29 is 18.0 Å². The smallest absolute Gasteiger partial charge is 0.325 e. The van der Waals surface area contributed by atoms with Crippen LogP contribution in [0.15, 0.2) is 46.2 Å². The van der Waals surface area contributed by atoms with Crippen LogP contribution in [0.5, 0.6) is 0 Å². The van der Waals surface area contributed by atoms with E-state index in [9.17, 15) is 27.6 Å². The summed E-state index contributed by atoms with van der Waals surface area (Å²) in [7, 11) is 2.82. The lowest BCUT2D eigenvalue weighted by molar-refractivity contribution is -0.141. The number of hydrogen-bond donors (Lipinski definition) is 1. The molecular weight excluding hydrogens is 467 g/mol. The Balaban J connectivity index is 1.36. The zero-order valence-corrected chi connectivity index (χ0v) is 18.7. The maximum atomic E-state index is 13.2. The minimum absolute atomic E-state index is 0.0511. The van der Waals surface area contributed by atoms with E-state index in [1.165, 1.54) is 34.2 Å². The van der Waals surface area contributed by atoms with Gasteiger partial charge in [0.25, 0.3) is 5.56 Å². The lowest BCUT2D eigenvalue weighted by Crippen LogP contribution is -2.37. The highest BCUT2D eigenvalue weighted by Gasteiger charge is 2.38. The van der Waals surface area contributed by atoms with Crippen molar-refractivity contribution in [3.8, 4) is 5.69 Å². The average Bonchev–Trinajstić information content (AvgIpc) is 3.41.